The number of carbonyl (C=O) groups is 2. The van der Waals surface area contributed by atoms with Crippen LogP contribution in [0.3, 0.4) is 0 Å². The van der Waals surface area contributed by atoms with Crippen molar-refractivity contribution in [3.05, 3.63) is 65.5 Å². The summed E-state index contributed by atoms with van der Waals surface area (Å²) in [6, 6.07) is 12.9. The Morgan fingerprint density at radius 1 is 1.15 bits per heavy atom. The Hall–Kier alpha value is -2.89. The third-order valence-corrected chi connectivity index (χ3v) is 3.84. The summed E-state index contributed by atoms with van der Waals surface area (Å²) >= 11 is 0. The molecule has 1 N–H and O–H groups in total. The number of rotatable bonds is 8. The van der Waals surface area contributed by atoms with Crippen LogP contribution < -0.4 is 10.1 Å². The summed E-state index contributed by atoms with van der Waals surface area (Å²) in [5.74, 6) is -0.706. The third-order valence-electron chi connectivity index (χ3n) is 3.84. The van der Waals surface area contributed by atoms with Crippen LogP contribution in [0.1, 0.15) is 37.4 Å². The van der Waals surface area contributed by atoms with Crippen LogP contribution in [0.2, 0.25) is 0 Å². The molecule has 27 heavy (non-hydrogen) atoms. The number of esters is 1. The van der Waals surface area contributed by atoms with Gasteiger partial charge in [0, 0.05) is 13.0 Å². The van der Waals surface area contributed by atoms with Gasteiger partial charge in [0.1, 0.15) is 24.3 Å². The second-order valence-electron chi connectivity index (χ2n) is 6.44. The van der Waals surface area contributed by atoms with Crippen molar-refractivity contribution in [2.45, 2.75) is 39.3 Å². The first-order valence-electron chi connectivity index (χ1n) is 8.75. The van der Waals surface area contributed by atoms with Gasteiger partial charge < -0.3 is 14.8 Å². The maximum absolute atomic E-state index is 13.1. The molecule has 0 fully saturated rings. The first-order chi connectivity index (χ1) is 12.8. The third kappa shape index (κ3) is 7.09. The maximum atomic E-state index is 13.1. The highest BCUT2D eigenvalue weighted by Gasteiger charge is 2.20. The van der Waals surface area contributed by atoms with Crippen molar-refractivity contribution in [3.63, 3.8) is 0 Å². The molecule has 2 atom stereocenters. The standard InChI is InChI=1S/C21H24FNO4/c1-14-7-9-17(10-8-14)20(23-16(3)24)12-21(25)27-15(2)13-26-19-6-4-5-18(22)11-19/h4-11,15,20H,12-13H2,1-3H3,(H,23,24). The van der Waals surface area contributed by atoms with E-state index in [1.54, 1.807) is 19.1 Å². The lowest BCUT2D eigenvalue weighted by Crippen LogP contribution is -2.30. The minimum absolute atomic E-state index is 0.00689. The van der Waals surface area contributed by atoms with E-state index in [1.165, 1.54) is 19.1 Å². The number of halogens is 1. The fourth-order valence-electron chi connectivity index (χ4n) is 2.54. The Labute approximate surface area is 158 Å². The Morgan fingerprint density at radius 3 is 2.48 bits per heavy atom. The van der Waals surface area contributed by atoms with Gasteiger partial charge in [0.25, 0.3) is 0 Å². The number of aryl methyl sites for hydroxylation is 1. The summed E-state index contributed by atoms with van der Waals surface area (Å²) in [4.78, 5) is 23.7. The molecule has 2 aromatic carbocycles. The largest absolute Gasteiger partial charge is 0.490 e. The fourth-order valence-corrected chi connectivity index (χ4v) is 2.54. The summed E-state index contributed by atoms with van der Waals surface area (Å²) in [6.07, 6.45) is -0.510. The van der Waals surface area contributed by atoms with Gasteiger partial charge in [-0.2, -0.15) is 0 Å². The van der Waals surface area contributed by atoms with E-state index < -0.39 is 23.9 Å². The molecule has 0 heterocycles. The van der Waals surface area contributed by atoms with E-state index in [1.807, 2.05) is 31.2 Å². The molecule has 5 nitrogen and oxygen atoms in total. The van der Waals surface area contributed by atoms with E-state index in [0.717, 1.165) is 11.1 Å². The van der Waals surface area contributed by atoms with Gasteiger partial charge in [0.05, 0.1) is 12.5 Å². The summed E-state index contributed by atoms with van der Waals surface area (Å²) in [5.41, 5.74) is 1.92. The van der Waals surface area contributed by atoms with E-state index in [9.17, 15) is 14.0 Å². The van der Waals surface area contributed by atoms with Crippen LogP contribution in [0.4, 0.5) is 4.39 Å². The first-order valence-corrected chi connectivity index (χ1v) is 8.75. The highest BCUT2D eigenvalue weighted by atomic mass is 19.1. The van der Waals surface area contributed by atoms with Crippen LogP contribution in [-0.4, -0.2) is 24.6 Å². The van der Waals surface area contributed by atoms with Crippen LogP contribution in [0.15, 0.2) is 48.5 Å². The minimum atomic E-state index is -0.517. The molecule has 0 saturated carbocycles. The number of nitrogens with one attached hydrogen (secondary N) is 1. The van der Waals surface area contributed by atoms with E-state index in [0.29, 0.717) is 5.75 Å². The molecule has 0 aliphatic rings. The van der Waals surface area contributed by atoms with Crippen molar-refractivity contribution < 1.29 is 23.5 Å². The Balaban J connectivity index is 1.90. The molecule has 144 valence electrons. The normalized spacial score (nSPS) is 12.7. The van der Waals surface area contributed by atoms with Gasteiger partial charge in [0.2, 0.25) is 5.91 Å². The van der Waals surface area contributed by atoms with Crippen LogP contribution in [0.25, 0.3) is 0 Å². The van der Waals surface area contributed by atoms with Gasteiger partial charge >= 0.3 is 5.97 Å². The van der Waals surface area contributed by atoms with Crippen molar-refractivity contribution in [2.75, 3.05) is 6.61 Å². The summed E-state index contributed by atoms with van der Waals surface area (Å²) < 4.78 is 23.9. The minimum Gasteiger partial charge on any atom is -0.490 e. The number of amides is 1. The average Bonchev–Trinajstić information content (AvgIpc) is 2.59. The number of benzene rings is 2. The molecule has 2 aromatic rings. The van der Waals surface area contributed by atoms with Crippen LogP contribution in [-0.2, 0) is 14.3 Å². The summed E-state index contributed by atoms with van der Waals surface area (Å²) in [7, 11) is 0. The van der Waals surface area contributed by atoms with Gasteiger partial charge in [-0.1, -0.05) is 35.9 Å². The lowest BCUT2D eigenvalue weighted by atomic mass is 10.0. The van der Waals surface area contributed by atoms with E-state index in [4.69, 9.17) is 9.47 Å². The average molecular weight is 373 g/mol. The van der Waals surface area contributed by atoms with Crippen molar-refractivity contribution in [2.24, 2.45) is 0 Å². The molecule has 0 aromatic heterocycles. The second-order valence-corrected chi connectivity index (χ2v) is 6.44. The molecule has 0 saturated heterocycles. The zero-order valence-electron chi connectivity index (χ0n) is 15.7. The molecule has 0 bridgehead atoms. The Kier molecular flexibility index (Phi) is 7.34. The predicted octanol–water partition coefficient (Wildman–Crippen LogP) is 3.71. The quantitative estimate of drug-likeness (QED) is 0.717. The van der Waals surface area contributed by atoms with Crippen molar-refractivity contribution in [1.29, 1.82) is 0 Å². The van der Waals surface area contributed by atoms with Gasteiger partial charge in [-0.15, -0.1) is 0 Å². The molecule has 2 unspecified atom stereocenters. The SMILES string of the molecule is CC(=O)NC(CC(=O)OC(C)COc1cccc(F)c1)c1ccc(C)cc1. The smallest absolute Gasteiger partial charge is 0.308 e. The van der Waals surface area contributed by atoms with E-state index >= 15 is 0 Å². The van der Waals surface area contributed by atoms with E-state index in [2.05, 4.69) is 5.32 Å². The molecule has 1 amide bonds. The zero-order valence-corrected chi connectivity index (χ0v) is 15.7. The van der Waals surface area contributed by atoms with Gasteiger partial charge in [0.15, 0.2) is 0 Å². The van der Waals surface area contributed by atoms with E-state index in [-0.39, 0.29) is 18.9 Å². The monoisotopic (exact) mass is 373 g/mol. The predicted molar refractivity (Wildman–Crippen MR) is 99.8 cm³/mol. The fraction of sp³-hybridized carbons (Fsp3) is 0.333. The lowest BCUT2D eigenvalue weighted by Gasteiger charge is -2.20. The number of carbonyl (C=O) groups excluding carboxylic acids is 2. The molecule has 0 radical (unpaired) electrons. The van der Waals surface area contributed by atoms with Crippen LogP contribution in [0, 0.1) is 12.7 Å². The summed E-state index contributed by atoms with van der Waals surface area (Å²) in [6.45, 7) is 5.16. The number of ether oxygens (including phenoxy) is 2. The van der Waals surface area contributed by atoms with Crippen molar-refractivity contribution in [1.82, 2.24) is 5.32 Å². The first kappa shape index (κ1) is 20.4. The second kappa shape index (κ2) is 9.71. The molecule has 0 aliphatic carbocycles. The molecular weight excluding hydrogens is 349 g/mol. The van der Waals surface area contributed by atoms with Gasteiger partial charge in [-0.25, -0.2) is 4.39 Å². The maximum Gasteiger partial charge on any atom is 0.308 e. The highest BCUT2D eigenvalue weighted by Crippen LogP contribution is 2.19. The molecule has 6 heteroatoms. The van der Waals surface area contributed by atoms with Crippen molar-refractivity contribution >= 4 is 11.9 Å². The highest BCUT2D eigenvalue weighted by molar-refractivity contribution is 5.76. The zero-order chi connectivity index (χ0) is 19.8. The molecule has 0 aliphatic heterocycles. The Bertz CT molecular complexity index is 776. The lowest BCUT2D eigenvalue weighted by molar-refractivity contribution is -0.150. The topological polar surface area (TPSA) is 64.6 Å². The Morgan fingerprint density at radius 2 is 1.85 bits per heavy atom. The summed E-state index contributed by atoms with van der Waals surface area (Å²) in [5, 5.41) is 2.77. The molecule has 0 spiro atoms. The van der Waals surface area contributed by atoms with Crippen LogP contribution >= 0.6 is 0 Å². The van der Waals surface area contributed by atoms with Crippen molar-refractivity contribution in [3.8, 4) is 5.75 Å². The molecule has 2 rings (SSSR count). The number of hydrogen-bond donors (Lipinski definition) is 1. The van der Waals surface area contributed by atoms with Gasteiger partial charge in [-0.3, -0.25) is 9.59 Å². The molecular formula is C21H24FNO4. The van der Waals surface area contributed by atoms with Crippen LogP contribution in [0.5, 0.6) is 5.75 Å². The number of hydrogen-bond acceptors (Lipinski definition) is 4. The van der Waals surface area contributed by atoms with Gasteiger partial charge in [-0.05, 0) is 31.5 Å².